The summed E-state index contributed by atoms with van der Waals surface area (Å²) >= 11 is 0. The van der Waals surface area contributed by atoms with Crippen LogP contribution < -0.4 is 4.90 Å². The third-order valence-corrected chi connectivity index (χ3v) is 4.46. The van der Waals surface area contributed by atoms with E-state index in [0.717, 1.165) is 36.2 Å². The van der Waals surface area contributed by atoms with Gasteiger partial charge >= 0.3 is 0 Å². The van der Waals surface area contributed by atoms with E-state index < -0.39 is 0 Å². The van der Waals surface area contributed by atoms with Crippen LogP contribution in [0.4, 0.5) is 5.69 Å². The van der Waals surface area contributed by atoms with Crippen LogP contribution in [-0.2, 0) is 13.0 Å². The fraction of sp³-hybridized carbons (Fsp3) is 0.200. The standard InChI is InChI=1S/C20H19N3O/c24-20(23-14-3-6-17-5-1-2-7-19(17)23)18-10-8-16(9-11-18)15-22-13-4-12-21-22/h1-2,4-5,7-13H,3,6,14-15H2. The molecule has 0 saturated carbocycles. The van der Waals surface area contributed by atoms with Gasteiger partial charge in [-0.05, 0) is 48.2 Å². The van der Waals surface area contributed by atoms with Gasteiger partial charge in [0.05, 0.1) is 6.54 Å². The first-order valence-corrected chi connectivity index (χ1v) is 8.27. The first kappa shape index (κ1) is 14.7. The Kier molecular flexibility index (Phi) is 3.87. The van der Waals surface area contributed by atoms with E-state index in [4.69, 9.17) is 0 Å². The Balaban J connectivity index is 1.55. The second-order valence-electron chi connectivity index (χ2n) is 6.09. The molecule has 1 aliphatic heterocycles. The number of para-hydroxylation sites is 1. The molecule has 3 aromatic rings. The largest absolute Gasteiger partial charge is 0.308 e. The van der Waals surface area contributed by atoms with Crippen molar-refractivity contribution in [3.05, 3.63) is 83.7 Å². The Labute approximate surface area is 141 Å². The van der Waals surface area contributed by atoms with Crippen LogP contribution in [0.1, 0.15) is 27.9 Å². The smallest absolute Gasteiger partial charge is 0.258 e. The Hall–Kier alpha value is -2.88. The highest BCUT2D eigenvalue weighted by Gasteiger charge is 2.23. The van der Waals surface area contributed by atoms with E-state index in [0.29, 0.717) is 6.54 Å². The minimum atomic E-state index is 0.0767. The number of aryl methyl sites for hydroxylation is 1. The van der Waals surface area contributed by atoms with Gasteiger partial charge in [-0.2, -0.15) is 5.10 Å². The van der Waals surface area contributed by atoms with Gasteiger partial charge in [0.1, 0.15) is 0 Å². The Bertz CT molecular complexity index is 838. The number of nitrogens with zero attached hydrogens (tertiary/aromatic N) is 3. The molecule has 24 heavy (non-hydrogen) atoms. The molecule has 4 nitrogen and oxygen atoms in total. The van der Waals surface area contributed by atoms with E-state index in [9.17, 15) is 4.79 Å². The van der Waals surface area contributed by atoms with Gasteiger partial charge in [-0.25, -0.2) is 0 Å². The molecule has 0 bridgehead atoms. The van der Waals surface area contributed by atoms with E-state index in [1.165, 1.54) is 5.56 Å². The van der Waals surface area contributed by atoms with Crippen molar-refractivity contribution in [2.24, 2.45) is 0 Å². The van der Waals surface area contributed by atoms with E-state index in [1.807, 2.05) is 64.3 Å². The Morgan fingerprint density at radius 1 is 1.04 bits per heavy atom. The molecule has 1 aromatic heterocycles. The van der Waals surface area contributed by atoms with Crippen molar-refractivity contribution in [1.29, 1.82) is 0 Å². The molecule has 0 radical (unpaired) electrons. The predicted molar refractivity (Wildman–Crippen MR) is 94.2 cm³/mol. The molecule has 2 aromatic carbocycles. The molecular formula is C20H19N3O. The molecule has 0 spiro atoms. The van der Waals surface area contributed by atoms with Crippen molar-refractivity contribution in [3.63, 3.8) is 0 Å². The molecule has 0 saturated heterocycles. The lowest BCUT2D eigenvalue weighted by molar-refractivity contribution is 0.0985. The summed E-state index contributed by atoms with van der Waals surface area (Å²) in [6.07, 6.45) is 5.76. The van der Waals surface area contributed by atoms with Crippen LogP contribution in [0, 0.1) is 0 Å². The van der Waals surface area contributed by atoms with Crippen LogP contribution in [0.15, 0.2) is 67.0 Å². The molecule has 4 rings (SSSR count). The zero-order valence-electron chi connectivity index (χ0n) is 13.4. The average Bonchev–Trinajstić information content (AvgIpc) is 3.14. The SMILES string of the molecule is O=C(c1ccc(Cn2cccn2)cc1)N1CCCc2ccccc21. The monoisotopic (exact) mass is 317 g/mol. The number of amides is 1. The number of fused-ring (bicyclic) bond motifs is 1. The lowest BCUT2D eigenvalue weighted by atomic mass is 10.0. The molecule has 0 aliphatic carbocycles. The molecular weight excluding hydrogens is 298 g/mol. The number of hydrogen-bond acceptors (Lipinski definition) is 2. The molecule has 1 aliphatic rings. The summed E-state index contributed by atoms with van der Waals surface area (Å²) in [5.74, 6) is 0.0767. The second kappa shape index (κ2) is 6.32. The maximum absolute atomic E-state index is 12.9. The summed E-state index contributed by atoms with van der Waals surface area (Å²) in [5.41, 5.74) is 4.17. The molecule has 0 unspecified atom stereocenters. The number of benzene rings is 2. The van der Waals surface area contributed by atoms with E-state index >= 15 is 0 Å². The fourth-order valence-electron chi connectivity index (χ4n) is 3.23. The van der Waals surface area contributed by atoms with Gasteiger partial charge in [0.15, 0.2) is 0 Å². The first-order valence-electron chi connectivity index (χ1n) is 8.27. The summed E-state index contributed by atoms with van der Waals surface area (Å²) in [4.78, 5) is 14.8. The van der Waals surface area contributed by atoms with Crippen LogP contribution in [-0.4, -0.2) is 22.2 Å². The number of aromatic nitrogens is 2. The number of rotatable bonds is 3. The van der Waals surface area contributed by atoms with Gasteiger partial charge in [0, 0.05) is 30.2 Å². The summed E-state index contributed by atoms with van der Waals surface area (Å²) in [7, 11) is 0. The van der Waals surface area contributed by atoms with Gasteiger partial charge in [-0.3, -0.25) is 9.48 Å². The summed E-state index contributed by atoms with van der Waals surface area (Å²) < 4.78 is 1.87. The quantitative estimate of drug-likeness (QED) is 0.741. The molecule has 0 atom stereocenters. The second-order valence-corrected chi connectivity index (χ2v) is 6.09. The third-order valence-electron chi connectivity index (χ3n) is 4.46. The topological polar surface area (TPSA) is 38.1 Å². The maximum Gasteiger partial charge on any atom is 0.258 e. The van der Waals surface area contributed by atoms with Crippen LogP contribution >= 0.6 is 0 Å². The normalized spacial score (nSPS) is 13.6. The van der Waals surface area contributed by atoms with Crippen molar-refractivity contribution in [2.45, 2.75) is 19.4 Å². The number of carbonyl (C=O) groups excluding carboxylic acids is 1. The minimum absolute atomic E-state index is 0.0767. The lowest BCUT2D eigenvalue weighted by Crippen LogP contribution is -2.35. The number of carbonyl (C=O) groups is 1. The van der Waals surface area contributed by atoms with E-state index in [2.05, 4.69) is 11.2 Å². The maximum atomic E-state index is 12.9. The highest BCUT2D eigenvalue weighted by atomic mass is 16.2. The van der Waals surface area contributed by atoms with Gasteiger partial charge in [-0.1, -0.05) is 30.3 Å². The predicted octanol–water partition coefficient (Wildman–Crippen LogP) is 3.52. The summed E-state index contributed by atoms with van der Waals surface area (Å²) in [5, 5.41) is 4.21. The van der Waals surface area contributed by atoms with Crippen molar-refractivity contribution in [2.75, 3.05) is 11.4 Å². The highest BCUT2D eigenvalue weighted by Crippen LogP contribution is 2.28. The summed E-state index contributed by atoms with van der Waals surface area (Å²) in [6.45, 7) is 1.50. The molecule has 0 N–H and O–H groups in total. The Morgan fingerprint density at radius 2 is 1.88 bits per heavy atom. The van der Waals surface area contributed by atoms with Crippen LogP contribution in [0.2, 0.25) is 0 Å². The Morgan fingerprint density at radius 3 is 2.67 bits per heavy atom. The van der Waals surface area contributed by atoms with E-state index in [1.54, 1.807) is 6.20 Å². The zero-order valence-corrected chi connectivity index (χ0v) is 13.4. The number of hydrogen-bond donors (Lipinski definition) is 0. The van der Waals surface area contributed by atoms with Gasteiger partial charge in [0.25, 0.3) is 5.91 Å². The number of anilines is 1. The van der Waals surface area contributed by atoms with E-state index in [-0.39, 0.29) is 5.91 Å². The van der Waals surface area contributed by atoms with Gasteiger partial charge < -0.3 is 4.90 Å². The molecule has 120 valence electrons. The van der Waals surface area contributed by atoms with Crippen LogP contribution in [0.25, 0.3) is 0 Å². The average molecular weight is 317 g/mol. The van der Waals surface area contributed by atoms with Crippen molar-refractivity contribution >= 4 is 11.6 Å². The first-order chi connectivity index (χ1) is 11.8. The minimum Gasteiger partial charge on any atom is -0.308 e. The third kappa shape index (κ3) is 2.83. The fourth-order valence-corrected chi connectivity index (χ4v) is 3.23. The molecule has 2 heterocycles. The van der Waals surface area contributed by atoms with Gasteiger partial charge in [0.2, 0.25) is 0 Å². The molecule has 4 heteroatoms. The molecule has 1 amide bonds. The van der Waals surface area contributed by atoms with Crippen LogP contribution in [0.5, 0.6) is 0 Å². The van der Waals surface area contributed by atoms with Crippen molar-refractivity contribution in [3.8, 4) is 0 Å². The lowest BCUT2D eigenvalue weighted by Gasteiger charge is -2.29. The highest BCUT2D eigenvalue weighted by molar-refractivity contribution is 6.06. The molecule has 0 fully saturated rings. The zero-order chi connectivity index (χ0) is 16.4. The van der Waals surface area contributed by atoms with Gasteiger partial charge in [-0.15, -0.1) is 0 Å². The van der Waals surface area contributed by atoms with Crippen LogP contribution in [0.3, 0.4) is 0 Å². The van der Waals surface area contributed by atoms with Crippen molar-refractivity contribution in [1.82, 2.24) is 9.78 Å². The van der Waals surface area contributed by atoms with Crippen molar-refractivity contribution < 1.29 is 4.79 Å². The summed E-state index contributed by atoms with van der Waals surface area (Å²) in [6, 6.07) is 17.9.